The van der Waals surface area contributed by atoms with Crippen molar-refractivity contribution >= 4 is 44.3 Å². The van der Waals surface area contributed by atoms with Crippen LogP contribution in [0.4, 0.5) is 5.82 Å². The van der Waals surface area contributed by atoms with Gasteiger partial charge in [0.15, 0.2) is 5.82 Å². The summed E-state index contributed by atoms with van der Waals surface area (Å²) in [6.07, 6.45) is 4.11. The molecule has 0 spiro atoms. The molecule has 4 nitrogen and oxygen atoms in total. The van der Waals surface area contributed by atoms with Crippen LogP contribution in [0.5, 0.6) is 0 Å². The lowest BCUT2D eigenvalue weighted by molar-refractivity contribution is 0.976. The minimum atomic E-state index is 0.542. The second kappa shape index (κ2) is 4.73. The maximum atomic E-state index is 5.97. The van der Waals surface area contributed by atoms with Gasteiger partial charge in [-0.3, -0.25) is 4.98 Å². The van der Waals surface area contributed by atoms with Crippen molar-refractivity contribution in [3.63, 3.8) is 0 Å². The summed E-state index contributed by atoms with van der Waals surface area (Å²) in [5.41, 5.74) is 7.78. The van der Waals surface area contributed by atoms with Crippen molar-refractivity contribution in [1.82, 2.24) is 15.0 Å². The second-order valence-corrected chi connectivity index (χ2v) is 6.17. The van der Waals surface area contributed by atoms with E-state index < -0.39 is 0 Å². The second-order valence-electron chi connectivity index (χ2n) is 4.24. The van der Waals surface area contributed by atoms with Crippen molar-refractivity contribution < 1.29 is 0 Å². The third kappa shape index (κ3) is 2.23. The van der Waals surface area contributed by atoms with Gasteiger partial charge in [0, 0.05) is 16.6 Å². The van der Waals surface area contributed by atoms with Crippen LogP contribution in [0.1, 0.15) is 24.5 Å². The van der Waals surface area contributed by atoms with Crippen molar-refractivity contribution in [2.45, 2.75) is 18.8 Å². The number of hydrogen-bond acceptors (Lipinski definition) is 4. The van der Waals surface area contributed by atoms with Gasteiger partial charge < -0.3 is 5.73 Å². The molecule has 0 unspecified atom stereocenters. The molecular weight excluding hydrogens is 407 g/mol. The molecule has 0 aromatic carbocycles. The maximum Gasteiger partial charge on any atom is 0.181 e. The fourth-order valence-electron chi connectivity index (χ4n) is 1.77. The third-order valence-electron chi connectivity index (χ3n) is 2.84. The van der Waals surface area contributed by atoms with Gasteiger partial charge in [-0.15, -0.1) is 0 Å². The van der Waals surface area contributed by atoms with Gasteiger partial charge in [-0.1, -0.05) is 0 Å². The van der Waals surface area contributed by atoms with Gasteiger partial charge in [0.05, 0.1) is 9.26 Å². The van der Waals surface area contributed by atoms with E-state index in [0.29, 0.717) is 17.6 Å². The Morgan fingerprint density at radius 3 is 2.78 bits per heavy atom. The van der Waals surface area contributed by atoms with Crippen molar-refractivity contribution in [2.75, 3.05) is 5.73 Å². The Bertz CT molecular complexity index is 613. The Morgan fingerprint density at radius 1 is 1.33 bits per heavy atom. The van der Waals surface area contributed by atoms with Crippen molar-refractivity contribution in [3.8, 4) is 11.5 Å². The molecule has 1 aliphatic carbocycles. The smallest absolute Gasteiger partial charge is 0.181 e. The molecule has 2 N–H and O–H groups in total. The number of nitrogens with two attached hydrogens (primary N) is 1. The number of pyridine rings is 1. The van der Waals surface area contributed by atoms with E-state index in [1.54, 1.807) is 6.20 Å². The predicted octanol–water partition coefficient (Wildman–Crippen LogP) is 3.37. The van der Waals surface area contributed by atoms with Crippen LogP contribution >= 0.6 is 38.5 Å². The Morgan fingerprint density at radius 2 is 2.11 bits per heavy atom. The quantitative estimate of drug-likeness (QED) is 0.762. The number of nitrogen functional groups attached to an aromatic ring is 1. The first-order valence-electron chi connectivity index (χ1n) is 5.60. The lowest BCUT2D eigenvalue weighted by Gasteiger charge is -2.08. The summed E-state index contributed by atoms with van der Waals surface area (Å²) in [5.74, 6) is 1.69. The van der Waals surface area contributed by atoms with E-state index in [1.165, 1.54) is 12.8 Å². The fourth-order valence-corrected chi connectivity index (χ4v) is 2.88. The summed E-state index contributed by atoms with van der Waals surface area (Å²) in [6.45, 7) is 0. The van der Waals surface area contributed by atoms with Crippen LogP contribution in [0.15, 0.2) is 22.8 Å². The van der Waals surface area contributed by atoms with E-state index >= 15 is 0 Å². The lowest BCUT2D eigenvalue weighted by Crippen LogP contribution is -2.05. The SMILES string of the molecule is Nc1nc(-c2ncccc2Br)nc(C2CC2)c1I. The zero-order chi connectivity index (χ0) is 12.7. The highest BCUT2D eigenvalue weighted by Crippen LogP contribution is 2.42. The number of rotatable bonds is 2. The largest absolute Gasteiger partial charge is 0.383 e. The van der Waals surface area contributed by atoms with E-state index in [4.69, 9.17) is 5.73 Å². The molecular formula is C12H10BrIN4. The topological polar surface area (TPSA) is 64.7 Å². The van der Waals surface area contributed by atoms with Gasteiger partial charge in [0.2, 0.25) is 0 Å². The highest BCUT2D eigenvalue weighted by molar-refractivity contribution is 14.1. The van der Waals surface area contributed by atoms with Crippen LogP contribution < -0.4 is 5.73 Å². The number of hydrogen-bond donors (Lipinski definition) is 1. The standard InChI is InChI=1S/C12H10BrIN4/c13-7-2-1-5-16-10(7)12-17-9(6-3-4-6)8(14)11(15)18-12/h1-2,5-6H,3-4H2,(H2,15,17,18). The summed E-state index contributed by atoms with van der Waals surface area (Å²) in [6, 6.07) is 3.79. The summed E-state index contributed by atoms with van der Waals surface area (Å²) >= 11 is 5.69. The molecule has 18 heavy (non-hydrogen) atoms. The minimum absolute atomic E-state index is 0.542. The summed E-state index contributed by atoms with van der Waals surface area (Å²) in [7, 11) is 0. The maximum absolute atomic E-state index is 5.97. The summed E-state index contributed by atoms with van der Waals surface area (Å²) < 4.78 is 1.86. The molecule has 0 amide bonds. The van der Waals surface area contributed by atoms with Crippen molar-refractivity contribution in [2.24, 2.45) is 0 Å². The predicted molar refractivity (Wildman–Crippen MR) is 82.1 cm³/mol. The van der Waals surface area contributed by atoms with Gasteiger partial charge in [-0.2, -0.15) is 0 Å². The normalized spacial score (nSPS) is 14.8. The van der Waals surface area contributed by atoms with Crippen LogP contribution in [0.2, 0.25) is 0 Å². The summed E-state index contributed by atoms with van der Waals surface area (Å²) in [5, 5.41) is 0. The molecule has 0 radical (unpaired) electrons. The first-order valence-corrected chi connectivity index (χ1v) is 7.48. The van der Waals surface area contributed by atoms with Crippen LogP contribution in [0.3, 0.4) is 0 Å². The van der Waals surface area contributed by atoms with Crippen LogP contribution in [-0.4, -0.2) is 15.0 Å². The molecule has 3 rings (SSSR count). The van der Waals surface area contributed by atoms with Crippen molar-refractivity contribution in [1.29, 1.82) is 0 Å². The highest BCUT2D eigenvalue weighted by Gasteiger charge is 2.29. The van der Waals surface area contributed by atoms with Gasteiger partial charge in [-0.25, -0.2) is 9.97 Å². The molecule has 6 heteroatoms. The zero-order valence-corrected chi connectivity index (χ0v) is 13.1. The first-order chi connectivity index (χ1) is 8.66. The zero-order valence-electron chi connectivity index (χ0n) is 9.40. The molecule has 2 heterocycles. The van der Waals surface area contributed by atoms with E-state index in [2.05, 4.69) is 53.5 Å². The monoisotopic (exact) mass is 416 g/mol. The molecule has 1 fully saturated rings. The molecule has 0 bridgehead atoms. The molecule has 1 saturated carbocycles. The lowest BCUT2D eigenvalue weighted by atomic mass is 10.2. The molecule has 2 aromatic heterocycles. The number of nitrogens with zero attached hydrogens (tertiary/aromatic N) is 3. The van der Waals surface area contributed by atoms with Crippen LogP contribution in [0.25, 0.3) is 11.5 Å². The van der Waals surface area contributed by atoms with Gasteiger partial charge in [0.25, 0.3) is 0 Å². The van der Waals surface area contributed by atoms with Crippen LogP contribution in [-0.2, 0) is 0 Å². The Hall–Kier alpha value is -0.760. The first kappa shape index (κ1) is 12.3. The van der Waals surface area contributed by atoms with Crippen molar-refractivity contribution in [3.05, 3.63) is 32.1 Å². The third-order valence-corrected chi connectivity index (χ3v) is 4.58. The number of aromatic nitrogens is 3. The fraction of sp³-hybridized carbons (Fsp3) is 0.250. The van der Waals surface area contributed by atoms with E-state index in [1.807, 2.05) is 12.1 Å². The Labute approximate surface area is 127 Å². The molecule has 2 aromatic rings. The van der Waals surface area contributed by atoms with E-state index in [0.717, 1.165) is 19.4 Å². The average molecular weight is 417 g/mol. The highest BCUT2D eigenvalue weighted by atomic mass is 127. The molecule has 0 aliphatic heterocycles. The summed E-state index contributed by atoms with van der Waals surface area (Å²) in [4.78, 5) is 13.3. The average Bonchev–Trinajstić information content (AvgIpc) is 3.17. The molecule has 0 atom stereocenters. The molecule has 1 aliphatic rings. The van der Waals surface area contributed by atoms with E-state index in [-0.39, 0.29) is 0 Å². The van der Waals surface area contributed by atoms with Crippen LogP contribution in [0, 0.1) is 3.57 Å². The van der Waals surface area contributed by atoms with Gasteiger partial charge in [0.1, 0.15) is 11.5 Å². The molecule has 0 saturated heterocycles. The Kier molecular flexibility index (Phi) is 3.23. The minimum Gasteiger partial charge on any atom is -0.383 e. The molecule has 92 valence electrons. The van der Waals surface area contributed by atoms with Gasteiger partial charge in [-0.05, 0) is 63.5 Å². The van der Waals surface area contributed by atoms with Gasteiger partial charge >= 0.3 is 0 Å². The Balaban J connectivity index is 2.16. The number of anilines is 1. The van der Waals surface area contributed by atoms with E-state index in [9.17, 15) is 0 Å². The number of halogens is 2.